The van der Waals surface area contributed by atoms with Gasteiger partial charge in [-0.15, -0.1) is 0 Å². The van der Waals surface area contributed by atoms with E-state index in [1.54, 1.807) is 17.8 Å². The maximum atomic E-state index is 11.4. The van der Waals surface area contributed by atoms with E-state index >= 15 is 0 Å². The smallest absolute Gasteiger partial charge is 0.170 e. The van der Waals surface area contributed by atoms with Crippen molar-refractivity contribution < 1.29 is 4.79 Å². The van der Waals surface area contributed by atoms with Gasteiger partial charge in [0.25, 0.3) is 0 Å². The van der Waals surface area contributed by atoms with E-state index in [-0.39, 0.29) is 11.4 Å². The number of allylic oxidation sites excluding steroid dienone is 1. The van der Waals surface area contributed by atoms with Crippen LogP contribution in [0.3, 0.4) is 0 Å². The number of hydrogen-bond acceptors (Lipinski definition) is 4. The monoisotopic (exact) mass is 320 g/mol. The molecule has 1 aliphatic heterocycles. The minimum Gasteiger partial charge on any atom is -0.340 e. The number of carbonyl (C=O) groups excluding carboxylic acids is 1. The van der Waals surface area contributed by atoms with Crippen molar-refractivity contribution in [2.24, 2.45) is 0 Å². The molecule has 0 aromatic heterocycles. The van der Waals surface area contributed by atoms with Crippen LogP contribution in [0.2, 0.25) is 0 Å². The lowest BCUT2D eigenvalue weighted by molar-refractivity contribution is -0.113. The van der Waals surface area contributed by atoms with Gasteiger partial charge in [-0.2, -0.15) is 5.26 Å². The van der Waals surface area contributed by atoms with Gasteiger partial charge in [0.2, 0.25) is 0 Å². The molecule has 0 aliphatic carbocycles. The Hall–Kier alpha value is -2.51. The van der Waals surface area contributed by atoms with Crippen molar-refractivity contribution in [1.29, 1.82) is 5.26 Å². The zero-order chi connectivity index (χ0) is 16.4. The molecule has 0 saturated carbocycles. The summed E-state index contributed by atoms with van der Waals surface area (Å²) in [5.74, 6) is -0.210. The van der Waals surface area contributed by atoms with Crippen LogP contribution in [0.4, 0.5) is 11.4 Å². The van der Waals surface area contributed by atoms with Gasteiger partial charge in [0.1, 0.15) is 6.07 Å². The molecule has 0 unspecified atom stereocenters. The van der Waals surface area contributed by atoms with Gasteiger partial charge in [-0.25, -0.2) is 0 Å². The normalized spacial score (nSPS) is 13.1. The fraction of sp³-hybridized carbons (Fsp3) is 0.158. The first-order chi connectivity index (χ1) is 11.1. The van der Waals surface area contributed by atoms with E-state index in [2.05, 4.69) is 36.1 Å². The number of anilines is 2. The molecule has 0 N–H and O–H groups in total. The number of fused-ring (bicyclic) bond motifs is 2. The van der Waals surface area contributed by atoms with Gasteiger partial charge in [0.05, 0.1) is 16.9 Å². The van der Waals surface area contributed by atoms with Crippen molar-refractivity contribution in [3.05, 3.63) is 53.6 Å². The molecule has 3 nitrogen and oxygen atoms in total. The Balaban J connectivity index is 2.06. The molecular formula is C19H16N2OS. The van der Waals surface area contributed by atoms with Crippen molar-refractivity contribution in [3.8, 4) is 6.07 Å². The first kappa shape index (κ1) is 15.4. The van der Waals surface area contributed by atoms with Crippen molar-refractivity contribution in [1.82, 2.24) is 0 Å². The maximum Gasteiger partial charge on any atom is 0.170 e. The van der Waals surface area contributed by atoms with Crippen LogP contribution in [0, 0.1) is 11.3 Å². The summed E-state index contributed by atoms with van der Waals surface area (Å²) in [6.45, 7) is 4.43. The van der Waals surface area contributed by atoms with E-state index < -0.39 is 0 Å². The highest BCUT2D eigenvalue weighted by atomic mass is 32.2. The Morgan fingerprint density at radius 3 is 2.65 bits per heavy atom. The molecule has 23 heavy (non-hydrogen) atoms. The highest BCUT2D eigenvalue weighted by Crippen LogP contribution is 2.48. The molecule has 3 rings (SSSR count). The van der Waals surface area contributed by atoms with Gasteiger partial charge in [0, 0.05) is 16.3 Å². The summed E-state index contributed by atoms with van der Waals surface area (Å²) < 4.78 is 0. The topological polar surface area (TPSA) is 44.1 Å². The lowest BCUT2D eigenvalue weighted by Gasteiger charge is -2.32. The number of nitrogens with zero attached hydrogens (tertiary/aromatic N) is 2. The summed E-state index contributed by atoms with van der Waals surface area (Å²) in [4.78, 5) is 16.1. The van der Waals surface area contributed by atoms with Gasteiger partial charge >= 0.3 is 0 Å². The van der Waals surface area contributed by atoms with Crippen LogP contribution in [-0.4, -0.2) is 12.3 Å². The lowest BCUT2D eigenvalue weighted by Crippen LogP contribution is -2.19. The van der Waals surface area contributed by atoms with E-state index in [1.165, 1.54) is 17.5 Å². The second-order valence-corrected chi connectivity index (χ2v) is 6.35. The van der Waals surface area contributed by atoms with E-state index in [0.717, 1.165) is 22.7 Å². The molecule has 0 bridgehead atoms. The highest BCUT2D eigenvalue weighted by Gasteiger charge is 2.21. The first-order valence-electron chi connectivity index (χ1n) is 7.45. The summed E-state index contributed by atoms with van der Waals surface area (Å²) in [6.07, 6.45) is 1.65. The van der Waals surface area contributed by atoms with Crippen molar-refractivity contribution >= 4 is 35.0 Å². The van der Waals surface area contributed by atoms with Crippen LogP contribution < -0.4 is 4.90 Å². The van der Waals surface area contributed by atoms with Crippen LogP contribution in [0.25, 0.3) is 6.08 Å². The molecule has 2 aromatic rings. The summed E-state index contributed by atoms with van der Waals surface area (Å²) in [6, 6.07) is 16.4. The number of Topliss-reactive ketones (excluding diaryl/α,β-unsaturated/α-hetero) is 1. The molecule has 1 aliphatic rings. The van der Waals surface area contributed by atoms with Crippen LogP contribution in [0.1, 0.15) is 19.4 Å². The third kappa shape index (κ3) is 2.88. The Labute approximate surface area is 140 Å². The number of ketones is 1. The summed E-state index contributed by atoms with van der Waals surface area (Å²) >= 11 is 1.72. The van der Waals surface area contributed by atoms with Crippen LogP contribution in [-0.2, 0) is 4.79 Å². The number of nitriles is 1. The molecule has 0 atom stereocenters. The number of carbonyl (C=O) groups is 1. The summed E-state index contributed by atoms with van der Waals surface area (Å²) in [5, 5.41) is 9.05. The fourth-order valence-electron chi connectivity index (χ4n) is 2.66. The first-order valence-corrected chi connectivity index (χ1v) is 8.27. The second kappa shape index (κ2) is 6.31. The lowest BCUT2D eigenvalue weighted by atomic mass is 10.1. The van der Waals surface area contributed by atoms with Gasteiger partial charge in [-0.05, 0) is 49.8 Å². The number of para-hydroxylation sites is 1. The quantitative estimate of drug-likeness (QED) is 0.601. The van der Waals surface area contributed by atoms with Gasteiger partial charge in [-0.3, -0.25) is 4.79 Å². The average molecular weight is 320 g/mol. The Morgan fingerprint density at radius 1 is 1.22 bits per heavy atom. The number of hydrogen-bond donors (Lipinski definition) is 0. The highest BCUT2D eigenvalue weighted by molar-refractivity contribution is 7.99. The molecule has 114 valence electrons. The predicted octanol–water partition coefficient (Wildman–Crippen LogP) is 4.81. The van der Waals surface area contributed by atoms with Crippen molar-refractivity contribution in [2.75, 3.05) is 11.4 Å². The number of rotatable bonds is 3. The van der Waals surface area contributed by atoms with E-state index in [4.69, 9.17) is 5.26 Å². The minimum absolute atomic E-state index is 0.179. The third-order valence-electron chi connectivity index (χ3n) is 3.78. The largest absolute Gasteiger partial charge is 0.340 e. The van der Waals surface area contributed by atoms with Crippen LogP contribution in [0.5, 0.6) is 0 Å². The zero-order valence-corrected chi connectivity index (χ0v) is 13.9. The second-order valence-electron chi connectivity index (χ2n) is 5.27. The molecular weight excluding hydrogens is 304 g/mol. The van der Waals surface area contributed by atoms with Gasteiger partial charge < -0.3 is 4.90 Å². The van der Waals surface area contributed by atoms with Crippen molar-refractivity contribution in [2.45, 2.75) is 23.6 Å². The maximum absolute atomic E-state index is 11.4. The van der Waals surface area contributed by atoms with Crippen LogP contribution in [0.15, 0.2) is 57.8 Å². The Bertz CT molecular complexity index is 849. The van der Waals surface area contributed by atoms with Crippen molar-refractivity contribution in [3.63, 3.8) is 0 Å². The molecule has 0 spiro atoms. The number of benzene rings is 2. The summed E-state index contributed by atoms with van der Waals surface area (Å²) in [7, 11) is 0. The Morgan fingerprint density at radius 2 is 1.96 bits per heavy atom. The molecule has 0 saturated heterocycles. The minimum atomic E-state index is -0.210. The van der Waals surface area contributed by atoms with Gasteiger partial charge in [0.15, 0.2) is 5.78 Å². The SMILES string of the molecule is CCN1c2ccccc2Sc2cc(C=C(C#N)C(C)=O)ccc21. The molecule has 0 amide bonds. The average Bonchev–Trinajstić information content (AvgIpc) is 2.57. The standard InChI is InChI=1S/C19H16N2OS/c1-3-21-16-6-4-5-7-18(16)23-19-11-14(8-9-17(19)21)10-15(12-20)13(2)22/h4-11H,3H2,1-2H3. The molecule has 2 aromatic carbocycles. The molecule has 0 radical (unpaired) electrons. The van der Waals surface area contributed by atoms with Crippen LogP contribution >= 0.6 is 11.8 Å². The van der Waals surface area contributed by atoms with E-state index in [0.29, 0.717) is 0 Å². The molecule has 4 heteroatoms. The predicted molar refractivity (Wildman–Crippen MR) is 94.0 cm³/mol. The Kier molecular flexibility index (Phi) is 4.22. The fourth-order valence-corrected chi connectivity index (χ4v) is 3.80. The van der Waals surface area contributed by atoms with Gasteiger partial charge in [-0.1, -0.05) is 30.0 Å². The van der Waals surface area contributed by atoms with E-state index in [9.17, 15) is 4.79 Å². The zero-order valence-electron chi connectivity index (χ0n) is 13.0. The van der Waals surface area contributed by atoms with E-state index in [1.807, 2.05) is 24.3 Å². The summed E-state index contributed by atoms with van der Waals surface area (Å²) in [5.41, 5.74) is 3.43. The third-order valence-corrected chi connectivity index (χ3v) is 4.89. The molecule has 1 heterocycles. The molecule has 0 fully saturated rings.